The zero-order valence-corrected chi connectivity index (χ0v) is 12.1. The predicted molar refractivity (Wildman–Crippen MR) is 76.3 cm³/mol. The Morgan fingerprint density at radius 1 is 1.35 bits per heavy atom. The van der Waals surface area contributed by atoms with Gasteiger partial charge in [-0.05, 0) is 12.1 Å². The zero-order valence-electron chi connectivity index (χ0n) is 12.1. The Hall–Kier alpha value is -1.30. The van der Waals surface area contributed by atoms with Crippen molar-refractivity contribution in [3.8, 4) is 11.5 Å². The summed E-state index contributed by atoms with van der Waals surface area (Å²) in [6.07, 6.45) is -0.551. The fraction of sp³-hybridized carbons (Fsp3) is 0.600. The van der Waals surface area contributed by atoms with Gasteiger partial charge in [-0.2, -0.15) is 0 Å². The van der Waals surface area contributed by atoms with Crippen LogP contribution in [0.15, 0.2) is 24.3 Å². The molecule has 5 nitrogen and oxygen atoms in total. The first-order chi connectivity index (χ1) is 9.63. The number of aliphatic hydroxyl groups excluding tert-OH is 1. The van der Waals surface area contributed by atoms with E-state index in [2.05, 4.69) is 12.2 Å². The van der Waals surface area contributed by atoms with Crippen LogP contribution >= 0.6 is 0 Å². The maximum Gasteiger partial charge on any atom is 0.161 e. The number of hydrogen-bond donors (Lipinski definition) is 2. The molecule has 0 amide bonds. The van der Waals surface area contributed by atoms with Gasteiger partial charge < -0.3 is 24.6 Å². The Bertz CT molecular complexity index is 420. The lowest BCUT2D eigenvalue weighted by Crippen LogP contribution is -2.48. The Morgan fingerprint density at radius 2 is 2.05 bits per heavy atom. The molecule has 1 saturated heterocycles. The van der Waals surface area contributed by atoms with E-state index in [0.717, 1.165) is 19.8 Å². The number of benzene rings is 1. The van der Waals surface area contributed by atoms with Gasteiger partial charge in [0, 0.05) is 18.5 Å². The molecule has 1 heterocycles. The van der Waals surface area contributed by atoms with E-state index in [1.54, 1.807) is 7.11 Å². The summed E-state index contributed by atoms with van der Waals surface area (Å²) in [4.78, 5) is 0. The summed E-state index contributed by atoms with van der Waals surface area (Å²) in [5.74, 6) is 1.32. The fourth-order valence-electron chi connectivity index (χ4n) is 2.08. The van der Waals surface area contributed by atoms with Crippen LogP contribution in [0.3, 0.4) is 0 Å². The van der Waals surface area contributed by atoms with Crippen molar-refractivity contribution in [2.75, 3.05) is 40.0 Å². The Balaban J connectivity index is 1.68. The number of rotatable bonds is 8. The molecule has 0 bridgehead atoms. The molecule has 1 aromatic rings. The molecule has 1 aromatic carbocycles. The van der Waals surface area contributed by atoms with Crippen molar-refractivity contribution in [1.29, 1.82) is 0 Å². The average molecular weight is 281 g/mol. The van der Waals surface area contributed by atoms with Crippen LogP contribution in [0.1, 0.15) is 6.92 Å². The number of methoxy groups -OCH3 is 1. The second kappa shape index (κ2) is 6.92. The topological polar surface area (TPSA) is 60.0 Å². The van der Waals surface area contributed by atoms with Gasteiger partial charge in [0.05, 0.1) is 20.3 Å². The third-order valence-corrected chi connectivity index (χ3v) is 3.33. The van der Waals surface area contributed by atoms with Crippen molar-refractivity contribution in [3.63, 3.8) is 0 Å². The highest BCUT2D eigenvalue weighted by atomic mass is 16.5. The summed E-state index contributed by atoms with van der Waals surface area (Å²) in [5.41, 5.74) is 0.212. The summed E-state index contributed by atoms with van der Waals surface area (Å²) >= 11 is 0. The Morgan fingerprint density at radius 3 is 2.65 bits per heavy atom. The molecule has 112 valence electrons. The van der Waals surface area contributed by atoms with E-state index in [9.17, 15) is 5.11 Å². The monoisotopic (exact) mass is 281 g/mol. The highest BCUT2D eigenvalue weighted by Gasteiger charge is 2.32. The van der Waals surface area contributed by atoms with Crippen molar-refractivity contribution < 1.29 is 19.3 Å². The average Bonchev–Trinajstić information content (AvgIpc) is 2.43. The van der Waals surface area contributed by atoms with Crippen molar-refractivity contribution in [1.82, 2.24) is 5.32 Å². The summed E-state index contributed by atoms with van der Waals surface area (Å²) in [5, 5.41) is 13.2. The summed E-state index contributed by atoms with van der Waals surface area (Å²) in [6.45, 7) is 5.33. The normalized spacial score (nSPS) is 18.1. The highest BCUT2D eigenvalue weighted by Crippen LogP contribution is 2.26. The number of para-hydroxylation sites is 2. The van der Waals surface area contributed by atoms with Gasteiger partial charge in [-0.3, -0.25) is 0 Å². The van der Waals surface area contributed by atoms with E-state index >= 15 is 0 Å². The minimum atomic E-state index is -0.551. The molecule has 0 aliphatic carbocycles. The van der Waals surface area contributed by atoms with Gasteiger partial charge in [-0.15, -0.1) is 0 Å². The highest BCUT2D eigenvalue weighted by molar-refractivity contribution is 5.39. The lowest BCUT2D eigenvalue weighted by molar-refractivity contribution is -0.0997. The molecule has 1 atom stereocenters. The first kappa shape index (κ1) is 15.1. The molecule has 1 aliphatic rings. The van der Waals surface area contributed by atoms with E-state index in [4.69, 9.17) is 14.2 Å². The number of aliphatic hydroxyl groups is 1. The smallest absolute Gasteiger partial charge is 0.161 e. The first-order valence-electron chi connectivity index (χ1n) is 6.85. The Labute approximate surface area is 119 Å². The molecule has 1 unspecified atom stereocenters. The van der Waals surface area contributed by atoms with Gasteiger partial charge in [0.1, 0.15) is 12.7 Å². The molecule has 20 heavy (non-hydrogen) atoms. The minimum absolute atomic E-state index is 0.212. The lowest BCUT2D eigenvalue weighted by atomic mass is 9.89. The lowest BCUT2D eigenvalue weighted by Gasteiger charge is -2.38. The van der Waals surface area contributed by atoms with Gasteiger partial charge in [-0.25, -0.2) is 0 Å². The molecule has 0 saturated carbocycles. The van der Waals surface area contributed by atoms with E-state index < -0.39 is 6.10 Å². The van der Waals surface area contributed by atoms with Crippen molar-refractivity contribution in [2.45, 2.75) is 13.0 Å². The van der Waals surface area contributed by atoms with Gasteiger partial charge in [-0.1, -0.05) is 19.1 Å². The molecule has 5 heteroatoms. The van der Waals surface area contributed by atoms with Crippen LogP contribution in [0.5, 0.6) is 11.5 Å². The van der Waals surface area contributed by atoms with Crippen LogP contribution in [0.4, 0.5) is 0 Å². The van der Waals surface area contributed by atoms with Crippen LogP contribution in [0.25, 0.3) is 0 Å². The Kier molecular flexibility index (Phi) is 5.23. The zero-order chi connectivity index (χ0) is 14.4. The molecule has 1 fully saturated rings. The number of hydrogen-bond acceptors (Lipinski definition) is 5. The maximum absolute atomic E-state index is 9.90. The molecule has 1 aliphatic heterocycles. The standard InChI is InChI=1S/C15H23NO4/c1-15(10-19-11-15)9-16-7-12(17)8-20-14-6-4-3-5-13(14)18-2/h3-6,12,16-17H,7-11H2,1-2H3. The van der Waals surface area contributed by atoms with E-state index in [1.165, 1.54) is 0 Å². The van der Waals surface area contributed by atoms with Gasteiger partial charge >= 0.3 is 0 Å². The summed E-state index contributed by atoms with van der Waals surface area (Å²) < 4.78 is 15.9. The van der Waals surface area contributed by atoms with Crippen LogP contribution in [0.2, 0.25) is 0 Å². The number of nitrogens with one attached hydrogen (secondary N) is 1. The maximum atomic E-state index is 9.90. The molecule has 0 aromatic heterocycles. The van der Waals surface area contributed by atoms with Gasteiger partial charge in [0.2, 0.25) is 0 Å². The summed E-state index contributed by atoms with van der Waals surface area (Å²) in [6, 6.07) is 7.41. The third kappa shape index (κ3) is 4.10. The second-order valence-corrected chi connectivity index (χ2v) is 5.55. The number of ether oxygens (including phenoxy) is 3. The molecule has 2 N–H and O–H groups in total. The molecular formula is C15H23NO4. The van der Waals surface area contributed by atoms with Crippen LogP contribution < -0.4 is 14.8 Å². The summed E-state index contributed by atoms with van der Waals surface area (Å²) in [7, 11) is 1.60. The van der Waals surface area contributed by atoms with Crippen molar-refractivity contribution in [2.24, 2.45) is 5.41 Å². The SMILES string of the molecule is COc1ccccc1OCC(O)CNCC1(C)COC1. The molecular weight excluding hydrogens is 258 g/mol. The van der Waals surface area contributed by atoms with Gasteiger partial charge in [0.15, 0.2) is 11.5 Å². The first-order valence-corrected chi connectivity index (χ1v) is 6.85. The molecule has 0 radical (unpaired) electrons. The van der Waals surface area contributed by atoms with E-state index in [-0.39, 0.29) is 12.0 Å². The minimum Gasteiger partial charge on any atom is -0.493 e. The predicted octanol–water partition coefficient (Wildman–Crippen LogP) is 1.06. The van der Waals surface area contributed by atoms with Crippen molar-refractivity contribution >= 4 is 0 Å². The van der Waals surface area contributed by atoms with E-state index in [1.807, 2.05) is 24.3 Å². The van der Waals surface area contributed by atoms with Gasteiger partial charge in [0.25, 0.3) is 0 Å². The fourth-order valence-corrected chi connectivity index (χ4v) is 2.08. The molecule has 2 rings (SSSR count). The van der Waals surface area contributed by atoms with Crippen LogP contribution in [0, 0.1) is 5.41 Å². The third-order valence-electron chi connectivity index (χ3n) is 3.33. The van der Waals surface area contributed by atoms with E-state index in [0.29, 0.717) is 18.0 Å². The second-order valence-electron chi connectivity index (χ2n) is 5.55. The molecule has 0 spiro atoms. The van der Waals surface area contributed by atoms with Crippen LogP contribution in [-0.2, 0) is 4.74 Å². The van der Waals surface area contributed by atoms with Crippen LogP contribution in [-0.4, -0.2) is 51.2 Å². The quantitative estimate of drug-likeness (QED) is 0.746. The van der Waals surface area contributed by atoms with Crippen molar-refractivity contribution in [3.05, 3.63) is 24.3 Å². The largest absolute Gasteiger partial charge is 0.493 e.